The molecule has 0 saturated carbocycles. The lowest BCUT2D eigenvalue weighted by molar-refractivity contribution is 0.103. The minimum atomic E-state index is -0.0842. The largest absolute Gasteiger partial charge is 0.372 e. The number of nitrogens with one attached hydrogen (secondary N) is 1. The fraction of sp³-hybridized carbons (Fsp3) is 0.318. The smallest absolute Gasteiger partial charge is 0.267 e. The van der Waals surface area contributed by atoms with Gasteiger partial charge in [-0.15, -0.1) is 11.3 Å². The third kappa shape index (κ3) is 4.39. The molecule has 6 heteroatoms. The fourth-order valence-corrected chi connectivity index (χ4v) is 4.45. The van der Waals surface area contributed by atoms with Gasteiger partial charge in [-0.3, -0.25) is 9.78 Å². The van der Waals surface area contributed by atoms with Crippen LogP contribution in [-0.2, 0) is 12.8 Å². The first-order chi connectivity index (χ1) is 13.7. The number of thiazole rings is 1. The number of amides is 1. The Balaban J connectivity index is 1.38. The molecule has 1 fully saturated rings. The van der Waals surface area contributed by atoms with Crippen molar-refractivity contribution in [2.75, 3.05) is 23.3 Å². The van der Waals surface area contributed by atoms with E-state index in [2.05, 4.69) is 32.3 Å². The molecule has 1 saturated heterocycles. The van der Waals surface area contributed by atoms with E-state index >= 15 is 0 Å². The van der Waals surface area contributed by atoms with Crippen molar-refractivity contribution in [2.24, 2.45) is 0 Å². The van der Waals surface area contributed by atoms with Gasteiger partial charge in [0.1, 0.15) is 4.88 Å². The molecular weight excluding hydrogens is 368 g/mol. The second-order valence-corrected chi connectivity index (χ2v) is 8.16. The van der Waals surface area contributed by atoms with Crippen LogP contribution >= 0.6 is 11.3 Å². The van der Waals surface area contributed by atoms with E-state index in [0.717, 1.165) is 42.3 Å². The zero-order chi connectivity index (χ0) is 19.3. The number of aryl methyl sites for hydroxylation is 3. The SMILES string of the molecule is Cc1nc(CCc2ccncc2)sc1C(=O)Nc1ccc(N2CCCC2)cc1. The predicted molar refractivity (Wildman–Crippen MR) is 114 cm³/mol. The Hall–Kier alpha value is -2.73. The van der Waals surface area contributed by atoms with Crippen molar-refractivity contribution in [3.05, 3.63) is 69.9 Å². The van der Waals surface area contributed by atoms with Gasteiger partial charge < -0.3 is 10.2 Å². The van der Waals surface area contributed by atoms with Crippen molar-refractivity contribution in [3.8, 4) is 0 Å². The molecule has 3 heterocycles. The first kappa shape index (κ1) is 18.6. The van der Waals surface area contributed by atoms with Gasteiger partial charge in [0.2, 0.25) is 0 Å². The van der Waals surface area contributed by atoms with Crippen molar-refractivity contribution in [3.63, 3.8) is 0 Å². The first-order valence-corrected chi connectivity index (χ1v) is 10.5. The average molecular weight is 393 g/mol. The number of pyridine rings is 1. The van der Waals surface area contributed by atoms with Crippen LogP contribution in [0.15, 0.2) is 48.8 Å². The summed E-state index contributed by atoms with van der Waals surface area (Å²) in [7, 11) is 0. The third-order valence-corrected chi connectivity index (χ3v) is 6.24. The van der Waals surface area contributed by atoms with E-state index in [4.69, 9.17) is 0 Å². The second-order valence-electron chi connectivity index (χ2n) is 7.07. The molecule has 3 aromatic rings. The predicted octanol–water partition coefficient (Wildman–Crippen LogP) is 4.48. The van der Waals surface area contributed by atoms with Crippen molar-refractivity contribution in [2.45, 2.75) is 32.6 Å². The number of benzene rings is 1. The van der Waals surface area contributed by atoms with Crippen LogP contribution in [0.3, 0.4) is 0 Å². The third-order valence-electron chi connectivity index (χ3n) is 5.02. The summed E-state index contributed by atoms with van der Waals surface area (Å²) in [4.78, 5) is 24.4. The molecule has 0 spiro atoms. The van der Waals surface area contributed by atoms with Crippen LogP contribution in [-0.4, -0.2) is 29.0 Å². The molecule has 1 N–H and O–H groups in total. The molecule has 0 bridgehead atoms. The highest BCUT2D eigenvalue weighted by Crippen LogP contribution is 2.24. The number of carbonyl (C=O) groups excluding carboxylic acids is 1. The van der Waals surface area contributed by atoms with Gasteiger partial charge in [-0.2, -0.15) is 0 Å². The minimum Gasteiger partial charge on any atom is -0.372 e. The molecular formula is C22H24N4OS. The van der Waals surface area contributed by atoms with Crippen molar-refractivity contribution < 1.29 is 4.79 Å². The van der Waals surface area contributed by atoms with Crippen LogP contribution in [0.4, 0.5) is 11.4 Å². The average Bonchev–Trinajstić information content (AvgIpc) is 3.38. The molecule has 1 amide bonds. The quantitative estimate of drug-likeness (QED) is 0.672. The number of anilines is 2. The lowest BCUT2D eigenvalue weighted by Crippen LogP contribution is -2.17. The maximum Gasteiger partial charge on any atom is 0.267 e. The van der Waals surface area contributed by atoms with Crippen LogP contribution in [0.25, 0.3) is 0 Å². The lowest BCUT2D eigenvalue weighted by atomic mass is 10.1. The number of aromatic nitrogens is 2. The van der Waals surface area contributed by atoms with E-state index in [1.165, 1.54) is 35.4 Å². The zero-order valence-corrected chi connectivity index (χ0v) is 16.8. The summed E-state index contributed by atoms with van der Waals surface area (Å²) in [6.07, 6.45) is 7.84. The number of carbonyl (C=O) groups is 1. The molecule has 0 aliphatic carbocycles. The Kier molecular flexibility index (Phi) is 5.67. The highest BCUT2D eigenvalue weighted by Gasteiger charge is 2.16. The van der Waals surface area contributed by atoms with Gasteiger partial charge >= 0.3 is 0 Å². The number of hydrogen-bond donors (Lipinski definition) is 1. The lowest BCUT2D eigenvalue weighted by Gasteiger charge is -2.17. The molecule has 0 radical (unpaired) electrons. The van der Waals surface area contributed by atoms with Gasteiger partial charge in [-0.25, -0.2) is 4.98 Å². The van der Waals surface area contributed by atoms with Gasteiger partial charge in [0.25, 0.3) is 5.91 Å². The van der Waals surface area contributed by atoms with Crippen LogP contribution in [0, 0.1) is 6.92 Å². The highest BCUT2D eigenvalue weighted by atomic mass is 32.1. The number of hydrogen-bond acceptors (Lipinski definition) is 5. The zero-order valence-electron chi connectivity index (χ0n) is 16.0. The first-order valence-electron chi connectivity index (χ1n) is 9.70. The van der Waals surface area contributed by atoms with Crippen molar-refractivity contribution >= 4 is 28.6 Å². The Morgan fingerprint density at radius 1 is 1.07 bits per heavy atom. The minimum absolute atomic E-state index is 0.0842. The Morgan fingerprint density at radius 3 is 2.50 bits per heavy atom. The normalized spacial score (nSPS) is 13.7. The van der Waals surface area contributed by atoms with Crippen LogP contribution in [0.1, 0.15) is 38.8 Å². The maximum atomic E-state index is 12.7. The summed E-state index contributed by atoms with van der Waals surface area (Å²) in [5, 5.41) is 4.00. The Morgan fingerprint density at radius 2 is 1.79 bits per heavy atom. The van der Waals surface area contributed by atoms with Gasteiger partial charge in [0.05, 0.1) is 10.7 Å². The van der Waals surface area contributed by atoms with E-state index in [0.29, 0.717) is 4.88 Å². The summed E-state index contributed by atoms with van der Waals surface area (Å²) in [5.41, 5.74) is 4.06. The summed E-state index contributed by atoms with van der Waals surface area (Å²) in [6.45, 7) is 4.14. The van der Waals surface area contributed by atoms with Crippen molar-refractivity contribution in [1.82, 2.24) is 9.97 Å². The van der Waals surface area contributed by atoms with E-state index in [9.17, 15) is 4.79 Å². The van der Waals surface area contributed by atoms with Crippen molar-refractivity contribution in [1.29, 1.82) is 0 Å². The van der Waals surface area contributed by atoms with Gasteiger partial charge in [-0.1, -0.05) is 0 Å². The van der Waals surface area contributed by atoms with E-state index < -0.39 is 0 Å². The Labute approximate surface area is 169 Å². The summed E-state index contributed by atoms with van der Waals surface area (Å²) in [6, 6.07) is 12.2. The summed E-state index contributed by atoms with van der Waals surface area (Å²) in [5.74, 6) is -0.0842. The van der Waals surface area contributed by atoms with Crippen LogP contribution in [0.5, 0.6) is 0 Å². The monoisotopic (exact) mass is 392 g/mol. The second kappa shape index (κ2) is 8.52. The molecule has 2 aromatic heterocycles. The maximum absolute atomic E-state index is 12.7. The topological polar surface area (TPSA) is 58.1 Å². The van der Waals surface area contributed by atoms with Gasteiger partial charge in [0, 0.05) is 43.3 Å². The molecule has 0 atom stereocenters. The number of rotatable bonds is 6. The summed E-state index contributed by atoms with van der Waals surface area (Å²) >= 11 is 1.48. The molecule has 4 rings (SSSR count). The molecule has 144 valence electrons. The molecule has 5 nitrogen and oxygen atoms in total. The van der Waals surface area contributed by atoms with E-state index in [1.54, 1.807) is 12.4 Å². The van der Waals surface area contributed by atoms with Crippen LogP contribution in [0.2, 0.25) is 0 Å². The molecule has 0 unspecified atom stereocenters. The molecule has 1 aliphatic rings. The standard InChI is InChI=1S/C22H24N4OS/c1-16-21(28-20(24-16)9-4-17-10-12-23-13-11-17)22(27)25-18-5-7-19(8-6-18)26-14-2-3-15-26/h5-8,10-13H,2-4,9,14-15H2,1H3,(H,25,27). The van der Waals surface area contributed by atoms with Crippen LogP contribution < -0.4 is 10.2 Å². The fourth-order valence-electron chi connectivity index (χ4n) is 3.49. The van der Waals surface area contributed by atoms with E-state index in [1.807, 2.05) is 31.2 Å². The van der Waals surface area contributed by atoms with E-state index in [-0.39, 0.29) is 5.91 Å². The molecule has 28 heavy (non-hydrogen) atoms. The molecule has 1 aromatic carbocycles. The number of nitrogens with zero attached hydrogens (tertiary/aromatic N) is 3. The summed E-state index contributed by atoms with van der Waals surface area (Å²) < 4.78 is 0. The van der Waals surface area contributed by atoms with Gasteiger partial charge in [-0.05, 0) is 68.1 Å². The highest BCUT2D eigenvalue weighted by molar-refractivity contribution is 7.13. The van der Waals surface area contributed by atoms with Gasteiger partial charge in [0.15, 0.2) is 0 Å². The Bertz CT molecular complexity index is 931. The molecule has 1 aliphatic heterocycles.